The summed E-state index contributed by atoms with van der Waals surface area (Å²) in [6.45, 7) is 0. The molecule has 0 heterocycles. The molecule has 0 aliphatic carbocycles. The van der Waals surface area contributed by atoms with Crippen LogP contribution in [0.3, 0.4) is 0 Å². The molecule has 2 aromatic carbocycles. The average molecular weight is 332 g/mol. The van der Waals surface area contributed by atoms with Crippen LogP contribution in [0.5, 0.6) is 5.75 Å². The van der Waals surface area contributed by atoms with Gasteiger partial charge >= 0.3 is 6.18 Å². The minimum Gasteiger partial charge on any atom is -0.507 e. The van der Waals surface area contributed by atoms with E-state index in [1.807, 2.05) is 0 Å². The molecule has 24 heavy (non-hydrogen) atoms. The van der Waals surface area contributed by atoms with Crippen molar-refractivity contribution in [2.24, 2.45) is 0 Å². The molecule has 0 aliphatic rings. The number of hydrogen-bond donors (Lipinski definition) is 2. The topological polar surface area (TPSA) is 73.1 Å². The highest BCUT2D eigenvalue weighted by Crippen LogP contribution is 2.30. The van der Waals surface area contributed by atoms with E-state index in [0.29, 0.717) is 0 Å². The average Bonchev–Trinajstić information content (AvgIpc) is 2.53. The Morgan fingerprint density at radius 1 is 1.17 bits per heavy atom. The van der Waals surface area contributed by atoms with Crippen LogP contribution < -0.4 is 5.32 Å². The number of amides is 1. The molecule has 0 unspecified atom stereocenters. The van der Waals surface area contributed by atoms with Gasteiger partial charge in [-0.05, 0) is 30.3 Å². The molecule has 1 amide bonds. The molecule has 0 aliphatic heterocycles. The fourth-order valence-electron chi connectivity index (χ4n) is 1.89. The lowest BCUT2D eigenvalue weighted by molar-refractivity contribution is -0.137. The molecule has 0 saturated heterocycles. The summed E-state index contributed by atoms with van der Waals surface area (Å²) in [5.41, 5.74) is -1.11. The molecule has 0 radical (unpaired) electrons. The SMILES string of the molecule is N#CC(=Cc1ccccc1O)C(=O)Nc1cccc(C(F)(F)F)c1. The zero-order valence-corrected chi connectivity index (χ0v) is 12.1. The first-order valence-electron chi connectivity index (χ1n) is 6.69. The second kappa shape index (κ2) is 6.87. The predicted molar refractivity (Wildman–Crippen MR) is 81.8 cm³/mol. The number of nitrogens with zero attached hydrogens (tertiary/aromatic N) is 1. The molecule has 0 bridgehead atoms. The van der Waals surface area contributed by atoms with E-state index < -0.39 is 17.6 Å². The van der Waals surface area contributed by atoms with Gasteiger partial charge in [0.2, 0.25) is 0 Å². The Balaban J connectivity index is 2.25. The van der Waals surface area contributed by atoms with Gasteiger partial charge in [0.25, 0.3) is 5.91 Å². The van der Waals surface area contributed by atoms with Crippen LogP contribution in [-0.4, -0.2) is 11.0 Å². The third-order valence-corrected chi connectivity index (χ3v) is 3.05. The van der Waals surface area contributed by atoms with Gasteiger partial charge in [0.1, 0.15) is 17.4 Å². The van der Waals surface area contributed by atoms with Crippen molar-refractivity contribution in [2.45, 2.75) is 6.18 Å². The number of carbonyl (C=O) groups is 1. The van der Waals surface area contributed by atoms with Gasteiger partial charge in [0.05, 0.1) is 5.56 Å². The molecule has 7 heteroatoms. The first-order valence-corrected chi connectivity index (χ1v) is 6.69. The van der Waals surface area contributed by atoms with Crippen LogP contribution in [0, 0.1) is 11.3 Å². The fourth-order valence-corrected chi connectivity index (χ4v) is 1.89. The summed E-state index contributed by atoms with van der Waals surface area (Å²) in [6.07, 6.45) is -3.39. The molecule has 0 spiro atoms. The van der Waals surface area contributed by atoms with Crippen molar-refractivity contribution in [3.63, 3.8) is 0 Å². The third-order valence-electron chi connectivity index (χ3n) is 3.05. The Bertz CT molecular complexity index is 836. The normalized spacial score (nSPS) is 11.7. The summed E-state index contributed by atoms with van der Waals surface area (Å²) in [4.78, 5) is 12.1. The lowest BCUT2D eigenvalue weighted by Crippen LogP contribution is -2.14. The van der Waals surface area contributed by atoms with E-state index in [1.165, 1.54) is 18.2 Å². The van der Waals surface area contributed by atoms with Gasteiger partial charge in [-0.1, -0.05) is 24.3 Å². The lowest BCUT2D eigenvalue weighted by atomic mass is 10.1. The second-order valence-electron chi connectivity index (χ2n) is 4.76. The molecule has 2 N–H and O–H groups in total. The van der Waals surface area contributed by atoms with Crippen molar-refractivity contribution in [3.8, 4) is 11.8 Å². The quantitative estimate of drug-likeness (QED) is 0.660. The molecule has 0 aromatic heterocycles. The molecular formula is C17H11F3N2O2. The zero-order chi connectivity index (χ0) is 17.7. The van der Waals surface area contributed by atoms with Gasteiger partial charge < -0.3 is 10.4 Å². The van der Waals surface area contributed by atoms with Crippen LogP contribution in [0.1, 0.15) is 11.1 Å². The van der Waals surface area contributed by atoms with Crippen molar-refractivity contribution in [1.82, 2.24) is 0 Å². The number of nitrogens with one attached hydrogen (secondary N) is 1. The summed E-state index contributed by atoms with van der Waals surface area (Å²) in [7, 11) is 0. The van der Waals surface area contributed by atoms with E-state index in [1.54, 1.807) is 18.2 Å². The maximum atomic E-state index is 12.7. The standard InChI is InChI=1S/C17H11F3N2O2/c18-17(19,20)13-5-3-6-14(9-13)22-16(24)12(10-21)8-11-4-1-2-7-15(11)23/h1-9,23H,(H,22,24). The van der Waals surface area contributed by atoms with Gasteiger partial charge in [-0.15, -0.1) is 0 Å². The summed E-state index contributed by atoms with van der Waals surface area (Å²) in [6, 6.07) is 11.8. The first-order chi connectivity index (χ1) is 11.3. The fraction of sp³-hybridized carbons (Fsp3) is 0.0588. The minimum atomic E-state index is -4.54. The number of halogens is 3. The van der Waals surface area contributed by atoms with Crippen molar-refractivity contribution in [2.75, 3.05) is 5.32 Å². The Morgan fingerprint density at radius 3 is 2.50 bits per heavy atom. The Morgan fingerprint density at radius 2 is 1.88 bits per heavy atom. The van der Waals surface area contributed by atoms with E-state index in [9.17, 15) is 23.1 Å². The molecule has 0 fully saturated rings. The van der Waals surface area contributed by atoms with Crippen LogP contribution in [0.2, 0.25) is 0 Å². The summed E-state index contributed by atoms with van der Waals surface area (Å²) in [5, 5.41) is 20.9. The van der Waals surface area contributed by atoms with E-state index in [-0.39, 0.29) is 22.6 Å². The largest absolute Gasteiger partial charge is 0.507 e. The van der Waals surface area contributed by atoms with E-state index in [0.717, 1.165) is 24.3 Å². The number of phenols is 1. The Kier molecular flexibility index (Phi) is 4.90. The molecule has 0 saturated carbocycles. The number of carbonyl (C=O) groups excluding carboxylic acids is 1. The molecule has 4 nitrogen and oxygen atoms in total. The number of nitriles is 1. The summed E-state index contributed by atoms with van der Waals surface area (Å²) >= 11 is 0. The monoisotopic (exact) mass is 332 g/mol. The molecule has 2 rings (SSSR count). The van der Waals surface area contributed by atoms with Crippen molar-refractivity contribution in [1.29, 1.82) is 5.26 Å². The number of benzene rings is 2. The smallest absolute Gasteiger partial charge is 0.416 e. The lowest BCUT2D eigenvalue weighted by Gasteiger charge is -2.09. The van der Waals surface area contributed by atoms with Crippen LogP contribution in [-0.2, 0) is 11.0 Å². The maximum absolute atomic E-state index is 12.7. The maximum Gasteiger partial charge on any atom is 0.416 e. The molecular weight excluding hydrogens is 321 g/mol. The molecule has 0 atom stereocenters. The van der Waals surface area contributed by atoms with Gasteiger partial charge in [0, 0.05) is 11.3 Å². The van der Waals surface area contributed by atoms with Gasteiger partial charge in [0.15, 0.2) is 0 Å². The summed E-state index contributed by atoms with van der Waals surface area (Å²) in [5.74, 6) is -1.00. The van der Waals surface area contributed by atoms with Crippen molar-refractivity contribution in [3.05, 3.63) is 65.2 Å². The minimum absolute atomic E-state index is 0.0896. The third kappa shape index (κ3) is 4.14. The van der Waals surface area contributed by atoms with Gasteiger partial charge in [-0.3, -0.25) is 4.79 Å². The number of alkyl halides is 3. The number of rotatable bonds is 3. The highest BCUT2D eigenvalue weighted by molar-refractivity contribution is 6.09. The first kappa shape index (κ1) is 17.1. The number of anilines is 1. The zero-order valence-electron chi connectivity index (χ0n) is 12.1. The molecule has 122 valence electrons. The van der Waals surface area contributed by atoms with Crippen LogP contribution in [0.25, 0.3) is 6.08 Å². The number of hydrogen-bond acceptors (Lipinski definition) is 3. The highest BCUT2D eigenvalue weighted by atomic mass is 19.4. The van der Waals surface area contributed by atoms with Crippen molar-refractivity contribution < 1.29 is 23.1 Å². The van der Waals surface area contributed by atoms with Gasteiger partial charge in [-0.2, -0.15) is 18.4 Å². The van der Waals surface area contributed by atoms with Crippen LogP contribution in [0.4, 0.5) is 18.9 Å². The summed E-state index contributed by atoms with van der Waals surface area (Å²) < 4.78 is 38.0. The van der Waals surface area contributed by atoms with Crippen LogP contribution >= 0.6 is 0 Å². The Hall–Kier alpha value is -3.27. The van der Waals surface area contributed by atoms with Crippen LogP contribution in [0.15, 0.2) is 54.1 Å². The van der Waals surface area contributed by atoms with E-state index >= 15 is 0 Å². The number of para-hydroxylation sites is 1. The van der Waals surface area contributed by atoms with Crippen molar-refractivity contribution >= 4 is 17.7 Å². The van der Waals surface area contributed by atoms with E-state index in [4.69, 9.17) is 5.26 Å². The van der Waals surface area contributed by atoms with Gasteiger partial charge in [-0.25, -0.2) is 0 Å². The molecule has 2 aromatic rings. The second-order valence-corrected chi connectivity index (χ2v) is 4.76. The number of phenolic OH excluding ortho intramolecular Hbond substituents is 1. The number of aromatic hydroxyl groups is 1. The van der Waals surface area contributed by atoms with E-state index in [2.05, 4.69) is 5.32 Å². The Labute approximate surface area is 135 Å². The highest BCUT2D eigenvalue weighted by Gasteiger charge is 2.30. The predicted octanol–water partition coefficient (Wildman–Crippen LogP) is 3.96.